The summed E-state index contributed by atoms with van der Waals surface area (Å²) in [5, 5.41) is 0. The first-order valence-corrected chi connectivity index (χ1v) is 13.4. The lowest BCUT2D eigenvalue weighted by molar-refractivity contribution is -0.231. The number of furan rings is 1. The zero-order valence-corrected chi connectivity index (χ0v) is 22.6. The van der Waals surface area contributed by atoms with Gasteiger partial charge in [0.1, 0.15) is 18.0 Å². The average Bonchev–Trinajstić information content (AvgIpc) is 3.36. The summed E-state index contributed by atoms with van der Waals surface area (Å²) in [6, 6.07) is 1.85. The highest BCUT2D eigenvalue weighted by molar-refractivity contribution is 5.91. The van der Waals surface area contributed by atoms with E-state index in [4.69, 9.17) is 18.6 Å². The minimum atomic E-state index is -0.810. The molecule has 0 radical (unpaired) electrons. The van der Waals surface area contributed by atoms with Crippen LogP contribution in [-0.2, 0) is 33.4 Å². The van der Waals surface area contributed by atoms with Gasteiger partial charge in [0.2, 0.25) is 0 Å². The predicted octanol–water partition coefficient (Wildman–Crippen LogP) is 4.66. The maximum atomic E-state index is 14.3. The second kappa shape index (κ2) is 8.70. The van der Waals surface area contributed by atoms with Crippen molar-refractivity contribution in [2.45, 2.75) is 78.9 Å². The average molecular weight is 515 g/mol. The van der Waals surface area contributed by atoms with E-state index in [1.165, 1.54) is 14.0 Å². The third-order valence-corrected chi connectivity index (χ3v) is 10.7. The zero-order valence-electron chi connectivity index (χ0n) is 22.6. The summed E-state index contributed by atoms with van der Waals surface area (Å²) in [6.45, 7) is 9.57. The van der Waals surface area contributed by atoms with E-state index in [1.807, 2.05) is 26.8 Å². The molecule has 2 heterocycles. The van der Waals surface area contributed by atoms with E-state index in [0.29, 0.717) is 6.42 Å². The smallest absolute Gasteiger partial charge is 0.306 e. The molecule has 3 aliphatic carbocycles. The SMILES string of the molecule is COC(=O)C[C@@H]1C2(C)C(=O)[C@@H](CC3C2CC[C@]2(C)C3CC(=O)O[C@H]2c2ccoc2)[C@H](OC(C)=O)C1(C)C. The van der Waals surface area contributed by atoms with E-state index in [0.717, 1.165) is 18.4 Å². The molecule has 202 valence electrons. The van der Waals surface area contributed by atoms with Crippen LogP contribution in [0, 0.1) is 45.8 Å². The number of esters is 3. The molecule has 0 amide bonds. The molecule has 3 saturated carbocycles. The van der Waals surface area contributed by atoms with E-state index in [1.54, 1.807) is 12.5 Å². The summed E-state index contributed by atoms with van der Waals surface area (Å²) >= 11 is 0. The summed E-state index contributed by atoms with van der Waals surface area (Å²) in [5.74, 6) is -1.84. The molecule has 0 aromatic carbocycles. The Bertz CT molecular complexity index is 1110. The van der Waals surface area contributed by atoms with Gasteiger partial charge in [0.05, 0.1) is 25.6 Å². The summed E-state index contributed by atoms with van der Waals surface area (Å²) in [5.41, 5.74) is -0.909. The number of fused-ring (bicyclic) bond motifs is 6. The molecule has 37 heavy (non-hydrogen) atoms. The summed E-state index contributed by atoms with van der Waals surface area (Å²) in [6.07, 6.45) is 4.63. The molecular formula is C29H38O8. The summed E-state index contributed by atoms with van der Waals surface area (Å²) in [7, 11) is 1.36. The Morgan fingerprint density at radius 3 is 2.49 bits per heavy atom. The van der Waals surface area contributed by atoms with Crippen LogP contribution in [0.5, 0.6) is 0 Å². The first-order chi connectivity index (χ1) is 17.4. The molecule has 2 bridgehead atoms. The van der Waals surface area contributed by atoms with Crippen LogP contribution in [-0.4, -0.2) is 36.9 Å². The van der Waals surface area contributed by atoms with E-state index in [-0.39, 0.29) is 59.7 Å². The van der Waals surface area contributed by atoms with Gasteiger partial charge in [0.15, 0.2) is 0 Å². The highest BCUT2D eigenvalue weighted by atomic mass is 16.6. The number of ether oxygens (including phenoxy) is 3. The fourth-order valence-corrected chi connectivity index (χ4v) is 9.09. The van der Waals surface area contributed by atoms with Crippen LogP contribution in [0.4, 0.5) is 0 Å². The lowest BCUT2D eigenvalue weighted by Crippen LogP contribution is -2.69. The van der Waals surface area contributed by atoms with E-state index < -0.39 is 34.9 Å². The summed E-state index contributed by atoms with van der Waals surface area (Å²) < 4.78 is 22.2. The van der Waals surface area contributed by atoms with Crippen molar-refractivity contribution in [3.8, 4) is 0 Å². The molecule has 1 aromatic heterocycles. The molecule has 4 fully saturated rings. The number of Topliss-reactive ketones (excluding diaryl/α,β-unsaturated/α-hetero) is 1. The fourth-order valence-electron chi connectivity index (χ4n) is 9.09. The Labute approximate surface area is 217 Å². The van der Waals surface area contributed by atoms with Crippen molar-refractivity contribution in [3.05, 3.63) is 24.2 Å². The maximum Gasteiger partial charge on any atom is 0.306 e. The number of hydrogen-bond acceptors (Lipinski definition) is 8. The number of rotatable bonds is 4. The third-order valence-electron chi connectivity index (χ3n) is 10.7. The molecule has 0 N–H and O–H groups in total. The number of carbonyl (C=O) groups excluding carboxylic acids is 4. The normalized spacial score (nSPS) is 42.2. The van der Waals surface area contributed by atoms with Crippen molar-refractivity contribution in [2.75, 3.05) is 7.11 Å². The van der Waals surface area contributed by atoms with Gasteiger partial charge in [0, 0.05) is 41.6 Å². The second-order valence-electron chi connectivity index (χ2n) is 12.7. The molecule has 0 spiro atoms. The Morgan fingerprint density at radius 2 is 1.86 bits per heavy atom. The molecule has 9 atom stereocenters. The largest absolute Gasteiger partial charge is 0.472 e. The topological polar surface area (TPSA) is 109 Å². The Hall–Kier alpha value is -2.64. The number of cyclic esters (lactones) is 1. The number of ketones is 1. The van der Waals surface area contributed by atoms with Gasteiger partial charge in [-0.3, -0.25) is 19.2 Å². The number of methoxy groups -OCH3 is 1. The highest BCUT2D eigenvalue weighted by Crippen LogP contribution is 2.70. The van der Waals surface area contributed by atoms with Gasteiger partial charge in [0.25, 0.3) is 0 Å². The minimum Gasteiger partial charge on any atom is -0.472 e. The molecule has 5 rings (SSSR count). The second-order valence-corrected chi connectivity index (χ2v) is 12.7. The molecule has 4 unspecified atom stereocenters. The Balaban J connectivity index is 1.61. The summed E-state index contributed by atoms with van der Waals surface area (Å²) in [4.78, 5) is 52.1. The standard InChI is InChI=1S/C29H38O8/c1-15(30)36-26-18-11-17-19(29(5,24(18)33)21(27(26,2)3)13-22(31)34-6)7-9-28(4)20(17)12-23(32)37-25(28)16-8-10-35-14-16/h8,10,14,17-21,25-26H,7,9,11-13H2,1-6H3/t17?,18-,19?,20?,21+,25+,26+,28-,29?/m1/s1. The minimum absolute atomic E-state index is 0.00238. The van der Waals surface area contributed by atoms with Crippen molar-refractivity contribution in [1.82, 2.24) is 0 Å². The van der Waals surface area contributed by atoms with Crippen LogP contribution < -0.4 is 0 Å². The van der Waals surface area contributed by atoms with Gasteiger partial charge in [-0.2, -0.15) is 0 Å². The van der Waals surface area contributed by atoms with Crippen molar-refractivity contribution in [2.24, 2.45) is 45.8 Å². The molecule has 8 heteroatoms. The van der Waals surface area contributed by atoms with Gasteiger partial charge < -0.3 is 18.6 Å². The van der Waals surface area contributed by atoms with Crippen LogP contribution >= 0.6 is 0 Å². The van der Waals surface area contributed by atoms with Crippen molar-refractivity contribution >= 4 is 23.7 Å². The van der Waals surface area contributed by atoms with Gasteiger partial charge >= 0.3 is 17.9 Å². The third kappa shape index (κ3) is 3.68. The van der Waals surface area contributed by atoms with Crippen LogP contribution in [0.1, 0.15) is 78.4 Å². The molecule has 4 aliphatic rings. The Morgan fingerprint density at radius 1 is 1.14 bits per heavy atom. The van der Waals surface area contributed by atoms with E-state index in [2.05, 4.69) is 6.92 Å². The molecular weight excluding hydrogens is 476 g/mol. The van der Waals surface area contributed by atoms with Gasteiger partial charge in [-0.05, 0) is 49.0 Å². The lowest BCUT2D eigenvalue weighted by Gasteiger charge is -2.66. The molecule has 1 aliphatic heterocycles. The Kier molecular flexibility index (Phi) is 6.11. The van der Waals surface area contributed by atoms with Gasteiger partial charge in [-0.1, -0.05) is 27.7 Å². The van der Waals surface area contributed by atoms with Crippen molar-refractivity contribution in [3.63, 3.8) is 0 Å². The molecule has 1 aromatic rings. The molecule has 8 nitrogen and oxygen atoms in total. The number of hydrogen-bond donors (Lipinski definition) is 0. The van der Waals surface area contributed by atoms with E-state index >= 15 is 0 Å². The quantitative estimate of drug-likeness (QED) is 0.422. The van der Waals surface area contributed by atoms with Crippen LogP contribution in [0.3, 0.4) is 0 Å². The van der Waals surface area contributed by atoms with Crippen LogP contribution in [0.25, 0.3) is 0 Å². The first kappa shape index (κ1) is 26.0. The van der Waals surface area contributed by atoms with Crippen LogP contribution in [0.15, 0.2) is 23.0 Å². The lowest BCUT2D eigenvalue weighted by atomic mass is 9.37. The highest BCUT2D eigenvalue weighted by Gasteiger charge is 2.71. The predicted molar refractivity (Wildman–Crippen MR) is 131 cm³/mol. The van der Waals surface area contributed by atoms with Crippen molar-refractivity contribution < 1.29 is 37.8 Å². The fraction of sp³-hybridized carbons (Fsp3) is 0.724. The van der Waals surface area contributed by atoms with Crippen molar-refractivity contribution in [1.29, 1.82) is 0 Å². The van der Waals surface area contributed by atoms with Crippen LogP contribution in [0.2, 0.25) is 0 Å². The zero-order chi connectivity index (χ0) is 26.9. The monoisotopic (exact) mass is 514 g/mol. The molecule has 1 saturated heterocycles. The van der Waals surface area contributed by atoms with E-state index in [9.17, 15) is 19.2 Å². The van der Waals surface area contributed by atoms with Gasteiger partial charge in [-0.15, -0.1) is 0 Å². The maximum absolute atomic E-state index is 14.3. The first-order valence-electron chi connectivity index (χ1n) is 13.4. The number of carbonyl (C=O) groups is 4. The van der Waals surface area contributed by atoms with Gasteiger partial charge in [-0.25, -0.2) is 0 Å².